The molecule has 3 nitrogen and oxygen atoms in total. The lowest BCUT2D eigenvalue weighted by Crippen LogP contribution is -2.37. The zero-order valence-corrected chi connectivity index (χ0v) is 9.57. The molecule has 0 atom stereocenters. The molecular formula is C10H14ClF2N3. The molecule has 0 saturated heterocycles. The van der Waals surface area contributed by atoms with E-state index in [4.69, 9.17) is 0 Å². The lowest BCUT2D eigenvalue weighted by atomic mass is 9.81. The van der Waals surface area contributed by atoms with E-state index in [1.165, 1.54) is 5.56 Å². The van der Waals surface area contributed by atoms with Crippen LogP contribution in [0.15, 0.2) is 6.20 Å². The lowest BCUT2D eigenvalue weighted by molar-refractivity contribution is -0.114. The summed E-state index contributed by atoms with van der Waals surface area (Å²) in [5, 5.41) is 7.56. The van der Waals surface area contributed by atoms with Gasteiger partial charge in [0.25, 0.3) is 0 Å². The molecule has 3 rings (SSSR count). The van der Waals surface area contributed by atoms with Crippen LogP contribution in [0.1, 0.15) is 24.1 Å². The Morgan fingerprint density at radius 1 is 1.44 bits per heavy atom. The number of nitrogens with zero attached hydrogens (tertiary/aromatic N) is 2. The Labute approximate surface area is 98.6 Å². The van der Waals surface area contributed by atoms with E-state index < -0.39 is 5.92 Å². The van der Waals surface area contributed by atoms with Crippen molar-refractivity contribution in [2.24, 2.45) is 5.92 Å². The molecule has 0 aromatic carbocycles. The number of hydrogen-bond donors (Lipinski definition) is 1. The number of hydrogen-bond acceptors (Lipinski definition) is 2. The molecule has 6 heteroatoms. The van der Waals surface area contributed by atoms with Gasteiger partial charge in [-0.25, -0.2) is 8.78 Å². The first-order valence-electron chi connectivity index (χ1n) is 5.26. The Morgan fingerprint density at radius 2 is 2.19 bits per heavy atom. The van der Waals surface area contributed by atoms with Crippen LogP contribution in [0.2, 0.25) is 0 Å². The number of nitrogens with one attached hydrogen (secondary N) is 1. The van der Waals surface area contributed by atoms with Gasteiger partial charge in [-0.15, -0.1) is 12.4 Å². The van der Waals surface area contributed by atoms with Crippen LogP contribution in [0.3, 0.4) is 0 Å². The molecule has 0 unspecified atom stereocenters. The van der Waals surface area contributed by atoms with Crippen molar-refractivity contribution in [3.05, 3.63) is 17.5 Å². The highest BCUT2D eigenvalue weighted by Crippen LogP contribution is 2.43. The molecule has 1 aromatic rings. The minimum Gasteiger partial charge on any atom is -0.307 e. The number of rotatable bonds is 2. The number of alkyl halides is 2. The average Bonchev–Trinajstić information content (AvgIpc) is 2.59. The molecule has 0 amide bonds. The summed E-state index contributed by atoms with van der Waals surface area (Å²) in [5.74, 6) is -2.31. The standard InChI is InChI=1S/C10H13F2N3.ClH/c11-10(12)1-7(2-10)5-15-6-8-3-13-4-9(8)14-15;/h6-7,13H,1-5H2;1H. The number of fused-ring (bicyclic) bond motifs is 1. The fourth-order valence-corrected chi connectivity index (χ4v) is 2.39. The maximum atomic E-state index is 12.6. The SMILES string of the molecule is Cl.FC1(F)CC(Cn2cc3c(n2)CNC3)C1. The van der Waals surface area contributed by atoms with Crippen molar-refractivity contribution in [2.75, 3.05) is 0 Å². The molecule has 16 heavy (non-hydrogen) atoms. The minimum absolute atomic E-state index is 0. The summed E-state index contributed by atoms with van der Waals surface area (Å²) in [6.45, 7) is 2.31. The minimum atomic E-state index is -2.41. The molecule has 0 bridgehead atoms. The van der Waals surface area contributed by atoms with Crippen LogP contribution in [0.25, 0.3) is 0 Å². The van der Waals surface area contributed by atoms with Crippen LogP contribution in [0.4, 0.5) is 8.78 Å². The Morgan fingerprint density at radius 3 is 2.81 bits per heavy atom. The molecule has 2 aliphatic rings. The van der Waals surface area contributed by atoms with Crippen LogP contribution in [0, 0.1) is 5.92 Å². The Kier molecular flexibility index (Phi) is 2.92. The first-order valence-corrected chi connectivity index (χ1v) is 5.26. The Bertz CT molecular complexity index is 362. The quantitative estimate of drug-likeness (QED) is 0.868. The van der Waals surface area contributed by atoms with E-state index in [2.05, 4.69) is 10.4 Å². The van der Waals surface area contributed by atoms with Gasteiger partial charge in [-0.2, -0.15) is 5.10 Å². The first-order chi connectivity index (χ1) is 7.12. The van der Waals surface area contributed by atoms with E-state index in [0.717, 1.165) is 18.8 Å². The maximum absolute atomic E-state index is 12.6. The van der Waals surface area contributed by atoms with Gasteiger partial charge in [0.1, 0.15) is 0 Å². The highest BCUT2D eigenvalue weighted by Gasteiger charge is 2.45. The third kappa shape index (κ3) is 2.06. The summed E-state index contributed by atoms with van der Waals surface area (Å²) < 4.78 is 27.1. The highest BCUT2D eigenvalue weighted by molar-refractivity contribution is 5.85. The fourth-order valence-electron chi connectivity index (χ4n) is 2.39. The van der Waals surface area contributed by atoms with E-state index in [1.807, 2.05) is 10.9 Å². The molecule has 1 aromatic heterocycles. The van der Waals surface area contributed by atoms with E-state index in [0.29, 0.717) is 6.54 Å². The second-order valence-electron chi connectivity index (χ2n) is 4.56. The van der Waals surface area contributed by atoms with Gasteiger partial charge in [-0.3, -0.25) is 4.68 Å². The van der Waals surface area contributed by atoms with Crippen molar-refractivity contribution in [3.8, 4) is 0 Å². The van der Waals surface area contributed by atoms with Crippen molar-refractivity contribution >= 4 is 12.4 Å². The largest absolute Gasteiger partial charge is 0.307 e. The third-order valence-electron chi connectivity index (χ3n) is 3.15. The highest BCUT2D eigenvalue weighted by atomic mass is 35.5. The molecule has 1 fully saturated rings. The molecule has 1 saturated carbocycles. The normalized spacial score (nSPS) is 22.4. The molecular weight excluding hydrogens is 236 g/mol. The van der Waals surface area contributed by atoms with Crippen molar-refractivity contribution < 1.29 is 8.78 Å². The Hall–Kier alpha value is -0.680. The molecule has 1 aliphatic carbocycles. The molecule has 0 radical (unpaired) electrons. The van der Waals surface area contributed by atoms with E-state index >= 15 is 0 Å². The van der Waals surface area contributed by atoms with Gasteiger partial charge in [0.2, 0.25) is 5.92 Å². The molecule has 2 heterocycles. The zero-order valence-electron chi connectivity index (χ0n) is 8.75. The average molecular weight is 250 g/mol. The second-order valence-corrected chi connectivity index (χ2v) is 4.56. The molecule has 90 valence electrons. The summed E-state index contributed by atoms with van der Waals surface area (Å²) in [5.41, 5.74) is 2.28. The van der Waals surface area contributed by atoms with Gasteiger partial charge >= 0.3 is 0 Å². The van der Waals surface area contributed by atoms with E-state index in [9.17, 15) is 8.78 Å². The smallest absolute Gasteiger partial charge is 0.248 e. The number of halogens is 3. The van der Waals surface area contributed by atoms with Crippen LogP contribution >= 0.6 is 12.4 Å². The third-order valence-corrected chi connectivity index (χ3v) is 3.15. The van der Waals surface area contributed by atoms with Gasteiger partial charge < -0.3 is 5.32 Å². The molecule has 0 spiro atoms. The van der Waals surface area contributed by atoms with Gasteiger partial charge in [-0.1, -0.05) is 0 Å². The Balaban J connectivity index is 0.000000963. The summed E-state index contributed by atoms with van der Waals surface area (Å²) in [7, 11) is 0. The summed E-state index contributed by atoms with van der Waals surface area (Å²) in [6.07, 6.45) is 2.03. The van der Waals surface area contributed by atoms with Gasteiger partial charge in [-0.05, 0) is 5.92 Å². The number of aromatic nitrogens is 2. The fraction of sp³-hybridized carbons (Fsp3) is 0.700. The first kappa shape index (κ1) is 11.8. The monoisotopic (exact) mass is 249 g/mol. The van der Waals surface area contributed by atoms with Crippen LogP contribution in [-0.2, 0) is 19.6 Å². The predicted octanol–water partition coefficient (Wildman–Crippen LogP) is 1.95. The predicted molar refractivity (Wildman–Crippen MR) is 57.7 cm³/mol. The van der Waals surface area contributed by atoms with Crippen molar-refractivity contribution in [1.29, 1.82) is 0 Å². The van der Waals surface area contributed by atoms with E-state index in [-0.39, 0.29) is 31.2 Å². The maximum Gasteiger partial charge on any atom is 0.248 e. The summed E-state index contributed by atoms with van der Waals surface area (Å²) in [4.78, 5) is 0. The van der Waals surface area contributed by atoms with Crippen LogP contribution < -0.4 is 5.32 Å². The summed E-state index contributed by atoms with van der Waals surface area (Å²) in [6, 6.07) is 0. The zero-order chi connectivity index (χ0) is 10.5. The second kappa shape index (κ2) is 3.96. The molecule has 1 aliphatic heterocycles. The topological polar surface area (TPSA) is 29.9 Å². The van der Waals surface area contributed by atoms with Crippen LogP contribution in [0.5, 0.6) is 0 Å². The summed E-state index contributed by atoms with van der Waals surface area (Å²) >= 11 is 0. The lowest BCUT2D eigenvalue weighted by Gasteiger charge is -2.34. The van der Waals surface area contributed by atoms with Gasteiger partial charge in [0.05, 0.1) is 5.69 Å². The molecule has 1 N–H and O–H groups in total. The van der Waals surface area contributed by atoms with Crippen molar-refractivity contribution in [1.82, 2.24) is 15.1 Å². The van der Waals surface area contributed by atoms with Gasteiger partial charge in [0.15, 0.2) is 0 Å². The van der Waals surface area contributed by atoms with Crippen molar-refractivity contribution in [3.63, 3.8) is 0 Å². The van der Waals surface area contributed by atoms with E-state index in [1.54, 1.807) is 0 Å². The van der Waals surface area contributed by atoms with Gasteiger partial charge in [0, 0.05) is 44.2 Å². The van der Waals surface area contributed by atoms with Crippen molar-refractivity contribution in [2.45, 2.75) is 38.4 Å². The van der Waals surface area contributed by atoms with Crippen LogP contribution in [-0.4, -0.2) is 15.7 Å².